The zero-order chi connectivity index (χ0) is 55.7. The number of carbonyl (C=O) groups excluding carboxylic acids is 8. The monoisotopic (exact) mass is 1030 g/mol. The Morgan fingerprint density at radius 2 is 0.819 bits per heavy atom. The van der Waals surface area contributed by atoms with Gasteiger partial charge in [0.15, 0.2) is 5.96 Å². The molecule has 412 valence electrons. The van der Waals surface area contributed by atoms with Crippen molar-refractivity contribution < 1.29 is 68.4 Å². The first kappa shape index (κ1) is 65.8. The zero-order valence-corrected chi connectivity index (χ0v) is 43.6. The lowest BCUT2D eigenvalue weighted by Gasteiger charge is -2.29. The van der Waals surface area contributed by atoms with Gasteiger partial charge in [-0.2, -0.15) is 0 Å². The Morgan fingerprint density at radius 3 is 1.19 bits per heavy atom. The van der Waals surface area contributed by atoms with Gasteiger partial charge in [0, 0.05) is 6.54 Å². The summed E-state index contributed by atoms with van der Waals surface area (Å²) >= 11 is 0. The Hall–Kier alpha value is -6.15. The normalized spacial score (nSPS) is 15.6. The molecule has 18 N–H and O–H groups in total. The molecule has 0 aliphatic heterocycles. The number of aliphatic hydroxyl groups excluding tert-OH is 2. The van der Waals surface area contributed by atoms with E-state index in [9.17, 15) is 68.4 Å². The number of hydrogen-bond acceptors (Lipinski definition) is 14. The van der Waals surface area contributed by atoms with Crippen LogP contribution in [0.1, 0.15) is 121 Å². The highest BCUT2D eigenvalue weighted by atomic mass is 16.4. The number of carbonyl (C=O) groups is 10. The van der Waals surface area contributed by atoms with E-state index in [4.69, 9.17) is 17.2 Å². The van der Waals surface area contributed by atoms with Crippen molar-refractivity contribution in [2.24, 2.45) is 51.8 Å². The van der Waals surface area contributed by atoms with Gasteiger partial charge in [-0.25, -0.2) is 4.79 Å². The third-order valence-electron chi connectivity index (χ3n) is 10.8. The average molecular weight is 1030 g/mol. The summed E-state index contributed by atoms with van der Waals surface area (Å²) in [6.07, 6.45) is -2.62. The van der Waals surface area contributed by atoms with Crippen molar-refractivity contribution in [2.75, 3.05) is 13.2 Å². The zero-order valence-electron chi connectivity index (χ0n) is 43.6. The molecule has 10 atom stereocenters. The number of aliphatic imine (C=N–C) groups is 1. The van der Waals surface area contributed by atoms with E-state index in [1.807, 2.05) is 27.7 Å². The molecule has 72 heavy (non-hydrogen) atoms. The maximum atomic E-state index is 13.9. The molecule has 0 fully saturated rings. The first-order valence-electron chi connectivity index (χ1n) is 24.3. The van der Waals surface area contributed by atoms with E-state index in [0.717, 1.165) is 6.92 Å². The van der Waals surface area contributed by atoms with Gasteiger partial charge in [0.2, 0.25) is 47.3 Å². The number of aliphatic hydroxyl groups is 2. The second-order valence-electron chi connectivity index (χ2n) is 20.0. The molecule has 26 heteroatoms. The quantitative estimate of drug-likeness (QED) is 0.0174. The van der Waals surface area contributed by atoms with Crippen molar-refractivity contribution in [3.8, 4) is 0 Å². The molecule has 0 saturated heterocycles. The lowest BCUT2D eigenvalue weighted by atomic mass is 9.98. The lowest BCUT2D eigenvalue weighted by molar-refractivity contribution is -0.144. The van der Waals surface area contributed by atoms with Gasteiger partial charge in [0.05, 0.1) is 25.2 Å². The Kier molecular flexibility index (Phi) is 30.0. The van der Waals surface area contributed by atoms with Crippen molar-refractivity contribution in [1.82, 2.24) is 42.5 Å². The molecule has 0 aromatic carbocycles. The third-order valence-corrected chi connectivity index (χ3v) is 10.8. The fraction of sp³-hybridized carbons (Fsp3) is 0.761. The van der Waals surface area contributed by atoms with E-state index < -0.39 is 133 Å². The molecular formula is C46H84N12O14. The largest absolute Gasteiger partial charge is 0.481 e. The number of rotatable bonds is 34. The lowest BCUT2D eigenvalue weighted by Crippen LogP contribution is -2.62. The van der Waals surface area contributed by atoms with Crippen LogP contribution in [0.5, 0.6) is 0 Å². The summed E-state index contributed by atoms with van der Waals surface area (Å²) in [6, 6.07) is -13.0. The number of aliphatic carboxylic acids is 2. The van der Waals surface area contributed by atoms with Gasteiger partial charge in [-0.3, -0.25) is 48.1 Å². The molecule has 0 radical (unpaired) electrons. The Labute approximate surface area is 421 Å². The maximum absolute atomic E-state index is 13.9. The summed E-state index contributed by atoms with van der Waals surface area (Å²) in [5.41, 5.74) is 16.8. The van der Waals surface area contributed by atoms with Gasteiger partial charge in [-0.05, 0) is 75.0 Å². The smallest absolute Gasteiger partial charge is 0.326 e. The second kappa shape index (κ2) is 32.7. The number of nitrogens with two attached hydrogens (primary N) is 3. The molecule has 0 heterocycles. The number of hydrogen-bond donors (Lipinski definition) is 15. The molecule has 0 spiro atoms. The van der Waals surface area contributed by atoms with Crippen LogP contribution in [-0.2, 0) is 47.9 Å². The van der Waals surface area contributed by atoms with Crippen molar-refractivity contribution >= 4 is 65.2 Å². The van der Waals surface area contributed by atoms with Crippen molar-refractivity contribution in [3.05, 3.63) is 0 Å². The minimum absolute atomic E-state index is 0.00894. The second-order valence-corrected chi connectivity index (χ2v) is 20.0. The number of carboxylic acid groups (broad SMARTS) is 2. The molecule has 0 aliphatic carbocycles. The van der Waals surface area contributed by atoms with Crippen LogP contribution in [0.15, 0.2) is 4.99 Å². The summed E-state index contributed by atoms with van der Waals surface area (Å²) in [4.78, 5) is 136. The minimum atomic E-state index is -1.88. The Balaban J connectivity index is 6.55. The Bertz CT molecular complexity index is 1860. The molecule has 0 aromatic heterocycles. The number of guanidine groups is 1. The summed E-state index contributed by atoms with van der Waals surface area (Å²) in [5, 5.41) is 59.5. The van der Waals surface area contributed by atoms with Gasteiger partial charge in [0.1, 0.15) is 48.3 Å². The molecule has 0 aliphatic rings. The fourth-order valence-corrected chi connectivity index (χ4v) is 7.00. The number of carboxylic acids is 2. The molecule has 8 amide bonds. The Morgan fingerprint density at radius 1 is 0.472 bits per heavy atom. The van der Waals surface area contributed by atoms with E-state index in [0.29, 0.717) is 0 Å². The first-order valence-corrected chi connectivity index (χ1v) is 24.3. The molecular weight excluding hydrogens is 945 g/mol. The van der Waals surface area contributed by atoms with Crippen LogP contribution < -0.4 is 59.7 Å². The molecule has 0 rings (SSSR count). The summed E-state index contributed by atoms with van der Waals surface area (Å²) in [5.74, 6) is -11.6. The van der Waals surface area contributed by atoms with Gasteiger partial charge < -0.3 is 80.2 Å². The molecule has 0 bridgehead atoms. The van der Waals surface area contributed by atoms with E-state index in [1.54, 1.807) is 41.5 Å². The summed E-state index contributed by atoms with van der Waals surface area (Å²) in [7, 11) is 0. The number of nitrogens with one attached hydrogen (secondary N) is 8. The van der Waals surface area contributed by atoms with E-state index >= 15 is 0 Å². The van der Waals surface area contributed by atoms with Crippen LogP contribution in [0.3, 0.4) is 0 Å². The van der Waals surface area contributed by atoms with E-state index in [2.05, 4.69) is 47.5 Å². The fourth-order valence-electron chi connectivity index (χ4n) is 7.00. The van der Waals surface area contributed by atoms with Crippen LogP contribution in [0.4, 0.5) is 0 Å². The van der Waals surface area contributed by atoms with Gasteiger partial charge in [0.25, 0.3) is 0 Å². The van der Waals surface area contributed by atoms with E-state index in [-0.39, 0.29) is 80.6 Å². The molecule has 0 unspecified atom stereocenters. The van der Waals surface area contributed by atoms with Crippen LogP contribution in [0.25, 0.3) is 0 Å². The third kappa shape index (κ3) is 25.8. The van der Waals surface area contributed by atoms with Crippen molar-refractivity contribution in [2.45, 2.75) is 182 Å². The maximum Gasteiger partial charge on any atom is 0.326 e. The first-order chi connectivity index (χ1) is 33.3. The van der Waals surface area contributed by atoms with Crippen LogP contribution >= 0.6 is 0 Å². The van der Waals surface area contributed by atoms with Crippen LogP contribution in [0, 0.1) is 29.6 Å². The highest BCUT2D eigenvalue weighted by Crippen LogP contribution is 2.13. The topological polar surface area (TPSA) is 438 Å². The molecule has 0 aromatic rings. The highest BCUT2D eigenvalue weighted by Gasteiger charge is 2.37. The predicted octanol–water partition coefficient (Wildman–Crippen LogP) is -2.98. The summed E-state index contributed by atoms with van der Waals surface area (Å²) < 4.78 is 0. The standard InChI is InChI=1S/C46H84N12O14/c1-21(2)15-28(52-39(65)30(17-23(5)6)55-43(69)35(47)25(9)10)38(64)53-29(16-22(3)4)40(66)57-33(20-59)42(68)58-36(26(11)60)44(70)51-27(13-12-14-50-46(48)49)37(63)54-31(19-34(61)62)41(67)56-32(45(71)72)18-24(7)8/h21-33,35-36,59-60H,12-20,47H2,1-11H3,(H,51,70)(H,52,65)(H,53,64)(H,54,63)(H,55,69)(H,56,67)(H,57,66)(H,58,68)(H,61,62)(H,71,72)(H4,48,49,50)/t26-,27+,28+,29+,30+,31+,32+,33+,35+,36+/m1/s1. The van der Waals surface area contributed by atoms with Crippen LogP contribution in [-0.4, -0.2) is 159 Å². The molecule has 0 saturated carbocycles. The predicted molar refractivity (Wildman–Crippen MR) is 265 cm³/mol. The SMILES string of the molecule is CC(C)C[C@H](NC(=O)[C@H](CC(=O)O)NC(=O)[C@H](CCCN=C(N)N)NC(=O)[C@@H](NC(=O)[C@H](CO)NC(=O)[C@H](CC(C)C)NC(=O)[C@H](CC(C)C)NC(=O)[C@H](CC(C)C)NC(=O)[C@@H](N)C(C)C)[C@@H](C)O)C(=O)O. The van der Waals surface area contributed by atoms with Gasteiger partial charge in [-0.15, -0.1) is 0 Å². The van der Waals surface area contributed by atoms with Crippen molar-refractivity contribution in [1.29, 1.82) is 0 Å². The summed E-state index contributed by atoms with van der Waals surface area (Å²) in [6.45, 7) is 17.7. The molecule has 26 nitrogen and oxygen atoms in total. The van der Waals surface area contributed by atoms with Crippen LogP contribution in [0.2, 0.25) is 0 Å². The van der Waals surface area contributed by atoms with Gasteiger partial charge >= 0.3 is 11.9 Å². The van der Waals surface area contributed by atoms with Gasteiger partial charge in [-0.1, -0.05) is 69.2 Å². The number of amides is 8. The van der Waals surface area contributed by atoms with E-state index in [1.165, 1.54) is 0 Å². The van der Waals surface area contributed by atoms with Crippen molar-refractivity contribution in [3.63, 3.8) is 0 Å². The average Bonchev–Trinajstić information content (AvgIpc) is 3.25. The number of nitrogens with zero attached hydrogens (tertiary/aromatic N) is 1. The highest BCUT2D eigenvalue weighted by molar-refractivity contribution is 5.98. The minimum Gasteiger partial charge on any atom is -0.481 e.